The quantitative estimate of drug-likeness (QED) is 0.663. The molecule has 2 heterocycles. The summed E-state index contributed by atoms with van der Waals surface area (Å²) in [4.78, 5) is 0. The van der Waals surface area contributed by atoms with E-state index in [4.69, 9.17) is 12.2 Å². The van der Waals surface area contributed by atoms with E-state index in [1.807, 2.05) is 36.5 Å². The zero-order valence-corrected chi connectivity index (χ0v) is 17.3. The Labute approximate surface area is 165 Å². The van der Waals surface area contributed by atoms with E-state index in [1.54, 1.807) is 0 Å². The fourth-order valence-electron chi connectivity index (χ4n) is 3.03. The van der Waals surface area contributed by atoms with Crippen LogP contribution >= 0.6 is 12.2 Å². The lowest BCUT2D eigenvalue weighted by Crippen LogP contribution is -2.28. The summed E-state index contributed by atoms with van der Waals surface area (Å²) in [5.74, 6) is 0. The molecule has 0 saturated heterocycles. The highest BCUT2D eigenvalue weighted by atomic mass is 32.1. The summed E-state index contributed by atoms with van der Waals surface area (Å²) < 4.78 is 3.88. The molecule has 0 aliphatic carbocycles. The Balaban J connectivity index is 1.68. The van der Waals surface area contributed by atoms with Crippen LogP contribution in [0.4, 0.5) is 5.69 Å². The standard InChI is InChI=1S/C20H26N6S/c1-13-8-6-7-9-17(13)12-26-16(4)19(14(2)24-26)23-20(27)21-10-18-11-22-25(5)15(18)3/h6-9,11H,10,12H2,1-5H3,(H2,21,23,27). The maximum Gasteiger partial charge on any atom is 0.171 e. The van der Waals surface area contributed by atoms with Gasteiger partial charge in [0.25, 0.3) is 0 Å². The Morgan fingerprint density at radius 2 is 1.81 bits per heavy atom. The van der Waals surface area contributed by atoms with Gasteiger partial charge in [0.05, 0.1) is 29.8 Å². The summed E-state index contributed by atoms with van der Waals surface area (Å²) in [5.41, 5.74) is 7.75. The molecule has 3 aromatic rings. The number of benzene rings is 1. The van der Waals surface area contributed by atoms with Gasteiger partial charge in [-0.2, -0.15) is 10.2 Å². The van der Waals surface area contributed by atoms with Gasteiger partial charge in [-0.25, -0.2) is 0 Å². The molecule has 0 atom stereocenters. The third-order valence-electron chi connectivity index (χ3n) is 4.98. The Bertz CT molecular complexity index is 969. The van der Waals surface area contributed by atoms with Crippen molar-refractivity contribution in [3.05, 3.63) is 64.2 Å². The molecule has 0 unspecified atom stereocenters. The average molecular weight is 383 g/mol. The minimum absolute atomic E-state index is 0.583. The van der Waals surface area contributed by atoms with Crippen LogP contribution in [0.25, 0.3) is 0 Å². The number of anilines is 1. The molecule has 2 aromatic heterocycles. The van der Waals surface area contributed by atoms with Gasteiger partial charge in [0, 0.05) is 24.8 Å². The van der Waals surface area contributed by atoms with Crippen LogP contribution in [0, 0.1) is 27.7 Å². The van der Waals surface area contributed by atoms with Gasteiger partial charge in [-0.15, -0.1) is 0 Å². The van der Waals surface area contributed by atoms with Gasteiger partial charge in [-0.1, -0.05) is 24.3 Å². The molecule has 3 rings (SSSR count). The van der Waals surface area contributed by atoms with Crippen LogP contribution in [0.5, 0.6) is 0 Å². The van der Waals surface area contributed by atoms with E-state index in [1.165, 1.54) is 11.1 Å². The molecule has 0 bridgehead atoms. The molecule has 1 aromatic carbocycles. The van der Waals surface area contributed by atoms with E-state index in [2.05, 4.69) is 58.9 Å². The second kappa shape index (κ2) is 7.92. The largest absolute Gasteiger partial charge is 0.358 e. The number of hydrogen-bond donors (Lipinski definition) is 2. The second-order valence-corrected chi connectivity index (χ2v) is 7.22. The number of nitrogens with zero attached hydrogens (tertiary/aromatic N) is 4. The highest BCUT2D eigenvalue weighted by Crippen LogP contribution is 2.21. The second-order valence-electron chi connectivity index (χ2n) is 6.82. The molecule has 0 radical (unpaired) electrons. The van der Waals surface area contributed by atoms with Crippen LogP contribution < -0.4 is 10.6 Å². The van der Waals surface area contributed by atoms with Crippen LogP contribution in [0.3, 0.4) is 0 Å². The maximum atomic E-state index is 5.48. The van der Waals surface area contributed by atoms with Crippen molar-refractivity contribution in [3.63, 3.8) is 0 Å². The monoisotopic (exact) mass is 382 g/mol. The van der Waals surface area contributed by atoms with Crippen molar-refractivity contribution in [2.75, 3.05) is 5.32 Å². The summed E-state index contributed by atoms with van der Waals surface area (Å²) in [6.07, 6.45) is 1.86. The minimum atomic E-state index is 0.583. The Kier molecular flexibility index (Phi) is 5.60. The van der Waals surface area contributed by atoms with E-state index in [-0.39, 0.29) is 0 Å². The zero-order valence-electron chi connectivity index (χ0n) is 16.5. The van der Waals surface area contributed by atoms with E-state index in [9.17, 15) is 0 Å². The molecule has 6 nitrogen and oxygen atoms in total. The van der Waals surface area contributed by atoms with Crippen molar-refractivity contribution in [1.82, 2.24) is 24.9 Å². The molecule has 7 heteroatoms. The summed E-state index contributed by atoms with van der Waals surface area (Å²) >= 11 is 5.48. The first-order chi connectivity index (χ1) is 12.9. The summed E-state index contributed by atoms with van der Waals surface area (Å²) in [6, 6.07) is 8.38. The molecule has 0 aliphatic heterocycles. The molecule has 2 N–H and O–H groups in total. The van der Waals surface area contributed by atoms with Gasteiger partial charge in [0.1, 0.15) is 0 Å². The third kappa shape index (κ3) is 4.19. The highest BCUT2D eigenvalue weighted by molar-refractivity contribution is 7.80. The van der Waals surface area contributed by atoms with Crippen molar-refractivity contribution in [3.8, 4) is 0 Å². The first kappa shape index (κ1) is 19.1. The predicted molar refractivity (Wildman–Crippen MR) is 113 cm³/mol. The fourth-order valence-corrected chi connectivity index (χ4v) is 3.21. The Morgan fingerprint density at radius 1 is 1.07 bits per heavy atom. The van der Waals surface area contributed by atoms with Gasteiger partial charge in [-0.3, -0.25) is 9.36 Å². The van der Waals surface area contributed by atoms with E-state index in [0.29, 0.717) is 11.7 Å². The van der Waals surface area contributed by atoms with Gasteiger partial charge in [-0.05, 0) is 51.0 Å². The SMILES string of the molecule is Cc1ccccc1Cn1nc(C)c(NC(=S)NCc2cnn(C)c2C)c1C. The summed E-state index contributed by atoms with van der Waals surface area (Å²) in [7, 11) is 1.94. The molecule has 27 heavy (non-hydrogen) atoms. The lowest BCUT2D eigenvalue weighted by molar-refractivity contribution is 0.657. The van der Waals surface area contributed by atoms with E-state index in [0.717, 1.165) is 34.9 Å². The normalized spacial score (nSPS) is 10.9. The molecule has 0 saturated carbocycles. The average Bonchev–Trinajstić information content (AvgIpc) is 3.09. The molecular formula is C20H26N6S. The topological polar surface area (TPSA) is 59.7 Å². The molecule has 0 spiro atoms. The smallest absolute Gasteiger partial charge is 0.171 e. The first-order valence-electron chi connectivity index (χ1n) is 8.97. The predicted octanol–water partition coefficient (Wildman–Crippen LogP) is 3.39. The number of nitrogens with one attached hydrogen (secondary N) is 2. The van der Waals surface area contributed by atoms with Crippen molar-refractivity contribution in [2.24, 2.45) is 7.05 Å². The van der Waals surface area contributed by atoms with E-state index < -0.39 is 0 Å². The van der Waals surface area contributed by atoms with Crippen molar-refractivity contribution < 1.29 is 0 Å². The lowest BCUT2D eigenvalue weighted by atomic mass is 10.1. The summed E-state index contributed by atoms with van der Waals surface area (Å²) in [6.45, 7) is 9.62. The highest BCUT2D eigenvalue weighted by Gasteiger charge is 2.14. The van der Waals surface area contributed by atoms with Crippen LogP contribution in [0.1, 0.15) is 33.8 Å². The van der Waals surface area contributed by atoms with E-state index >= 15 is 0 Å². The lowest BCUT2D eigenvalue weighted by Gasteiger charge is -2.11. The van der Waals surface area contributed by atoms with Crippen LogP contribution in [0.2, 0.25) is 0 Å². The Morgan fingerprint density at radius 3 is 2.48 bits per heavy atom. The molecule has 142 valence electrons. The van der Waals surface area contributed by atoms with Gasteiger partial charge in [0.2, 0.25) is 0 Å². The van der Waals surface area contributed by atoms with Crippen molar-refractivity contribution in [1.29, 1.82) is 0 Å². The molecular weight excluding hydrogens is 356 g/mol. The van der Waals surface area contributed by atoms with Crippen LogP contribution in [-0.2, 0) is 20.1 Å². The Hall–Kier alpha value is -2.67. The number of aryl methyl sites for hydroxylation is 3. The maximum absolute atomic E-state index is 5.48. The molecule has 0 fully saturated rings. The van der Waals surface area contributed by atoms with Crippen LogP contribution in [0.15, 0.2) is 30.5 Å². The number of thiocarbonyl (C=S) groups is 1. The van der Waals surface area contributed by atoms with Crippen molar-refractivity contribution >= 4 is 23.0 Å². The number of hydrogen-bond acceptors (Lipinski definition) is 3. The van der Waals surface area contributed by atoms with Gasteiger partial charge < -0.3 is 10.6 Å². The van der Waals surface area contributed by atoms with Crippen molar-refractivity contribution in [2.45, 2.75) is 40.8 Å². The van der Waals surface area contributed by atoms with Gasteiger partial charge in [0.15, 0.2) is 5.11 Å². The first-order valence-corrected chi connectivity index (χ1v) is 9.38. The van der Waals surface area contributed by atoms with Crippen LogP contribution in [-0.4, -0.2) is 24.7 Å². The number of rotatable bonds is 5. The summed E-state index contributed by atoms with van der Waals surface area (Å²) in [5, 5.41) is 16.1. The fraction of sp³-hybridized carbons (Fsp3) is 0.350. The zero-order chi connectivity index (χ0) is 19.6. The number of aromatic nitrogens is 4. The minimum Gasteiger partial charge on any atom is -0.358 e. The van der Waals surface area contributed by atoms with Gasteiger partial charge >= 0.3 is 0 Å². The third-order valence-corrected chi connectivity index (χ3v) is 5.22. The molecule has 0 aliphatic rings. The molecule has 0 amide bonds.